The van der Waals surface area contributed by atoms with Gasteiger partial charge in [-0.3, -0.25) is 9.78 Å². The molecule has 2 aromatic heterocycles. The molecule has 0 bridgehead atoms. The van der Waals surface area contributed by atoms with Crippen LogP contribution in [0.2, 0.25) is 0 Å². The van der Waals surface area contributed by atoms with Gasteiger partial charge in [0.15, 0.2) is 0 Å². The highest BCUT2D eigenvalue weighted by Gasteiger charge is 2.15. The number of rotatable bonds is 5. The number of carbonyl (C=O) groups is 1. The van der Waals surface area contributed by atoms with Gasteiger partial charge in [0.05, 0.1) is 24.2 Å². The minimum absolute atomic E-state index is 0.345. The summed E-state index contributed by atoms with van der Waals surface area (Å²) in [6.45, 7) is 1.78. The van der Waals surface area contributed by atoms with E-state index in [4.69, 9.17) is 10.5 Å². The molecule has 0 unspecified atom stereocenters. The van der Waals surface area contributed by atoms with Gasteiger partial charge in [0.2, 0.25) is 0 Å². The number of aromatic nitrogens is 1. The van der Waals surface area contributed by atoms with E-state index in [1.807, 2.05) is 42.5 Å². The third-order valence-electron chi connectivity index (χ3n) is 3.70. The van der Waals surface area contributed by atoms with Crippen LogP contribution < -0.4 is 15.9 Å². The molecule has 26 heavy (non-hydrogen) atoms. The van der Waals surface area contributed by atoms with Crippen molar-refractivity contribution in [1.29, 1.82) is 0 Å². The van der Waals surface area contributed by atoms with Gasteiger partial charge in [0.25, 0.3) is 5.91 Å². The molecule has 3 aromatic rings. The highest BCUT2D eigenvalue weighted by Crippen LogP contribution is 2.33. The molecule has 0 aliphatic carbocycles. The maximum Gasteiger partial charge on any atom is 0.283 e. The number of nitrogen functional groups attached to an aromatic ring is 1. The maximum atomic E-state index is 12.4. The van der Waals surface area contributed by atoms with Gasteiger partial charge >= 0.3 is 0 Å². The minimum Gasteiger partial charge on any atom is -0.497 e. The summed E-state index contributed by atoms with van der Waals surface area (Å²) in [5, 5.41) is 4.11. The summed E-state index contributed by atoms with van der Waals surface area (Å²) in [4.78, 5) is 17.9. The molecule has 6 nitrogen and oxygen atoms in total. The molecule has 0 aliphatic heterocycles. The molecule has 0 radical (unpaired) electrons. The van der Waals surface area contributed by atoms with Crippen LogP contribution >= 0.6 is 11.3 Å². The molecule has 0 fully saturated rings. The van der Waals surface area contributed by atoms with Crippen molar-refractivity contribution in [3.05, 3.63) is 65.3 Å². The zero-order chi connectivity index (χ0) is 18.5. The number of hydrazone groups is 1. The molecule has 0 saturated carbocycles. The van der Waals surface area contributed by atoms with Crippen LogP contribution in [0.3, 0.4) is 0 Å². The maximum absolute atomic E-state index is 12.4. The van der Waals surface area contributed by atoms with Crippen molar-refractivity contribution < 1.29 is 9.53 Å². The minimum atomic E-state index is -0.345. The van der Waals surface area contributed by atoms with E-state index in [1.54, 1.807) is 26.3 Å². The number of thiophene rings is 1. The SMILES string of the molecule is COc1ccc(-c2cc(N)c(C(=O)N/N=C(/C)c3ccccn3)s2)cc1. The Bertz CT molecular complexity index is 934. The number of pyridine rings is 1. The fraction of sp³-hybridized carbons (Fsp3) is 0.105. The second-order valence-corrected chi connectivity index (χ2v) is 6.53. The number of amides is 1. The second kappa shape index (κ2) is 7.79. The molecular weight excluding hydrogens is 348 g/mol. The molecule has 3 N–H and O–H groups in total. The lowest BCUT2D eigenvalue weighted by Gasteiger charge is -2.02. The van der Waals surface area contributed by atoms with E-state index < -0.39 is 0 Å². The van der Waals surface area contributed by atoms with Crippen molar-refractivity contribution in [3.8, 4) is 16.2 Å². The Hall–Kier alpha value is -3.19. The molecular formula is C19H18N4O2S. The molecule has 3 rings (SSSR count). The lowest BCUT2D eigenvalue weighted by atomic mass is 10.2. The predicted molar refractivity (Wildman–Crippen MR) is 105 cm³/mol. The lowest BCUT2D eigenvalue weighted by Crippen LogP contribution is -2.19. The van der Waals surface area contributed by atoms with E-state index in [0.29, 0.717) is 22.0 Å². The zero-order valence-electron chi connectivity index (χ0n) is 14.4. The number of benzene rings is 1. The standard InChI is InChI=1S/C19H18N4O2S/c1-12(16-5-3-4-10-21-16)22-23-19(24)18-15(20)11-17(26-18)13-6-8-14(25-2)9-7-13/h3-11H,20H2,1-2H3,(H,23,24)/b22-12-. The molecule has 1 amide bonds. The first kappa shape index (κ1) is 17.6. The van der Waals surface area contributed by atoms with Crippen LogP contribution in [0.4, 0.5) is 5.69 Å². The average molecular weight is 366 g/mol. The Morgan fingerprint density at radius 3 is 2.65 bits per heavy atom. The van der Waals surface area contributed by atoms with Crippen molar-refractivity contribution >= 4 is 28.6 Å². The second-order valence-electron chi connectivity index (χ2n) is 5.48. The largest absolute Gasteiger partial charge is 0.497 e. The van der Waals surface area contributed by atoms with Crippen LogP contribution in [-0.4, -0.2) is 23.7 Å². The van der Waals surface area contributed by atoms with Gasteiger partial charge in [-0.15, -0.1) is 11.3 Å². The van der Waals surface area contributed by atoms with Gasteiger partial charge in [0.1, 0.15) is 10.6 Å². The van der Waals surface area contributed by atoms with Gasteiger partial charge in [0, 0.05) is 11.1 Å². The molecule has 0 saturated heterocycles. The topological polar surface area (TPSA) is 89.6 Å². The monoisotopic (exact) mass is 366 g/mol. The van der Waals surface area contributed by atoms with Crippen LogP contribution in [0.5, 0.6) is 5.75 Å². The number of anilines is 1. The first-order valence-corrected chi connectivity index (χ1v) is 8.70. The van der Waals surface area contributed by atoms with Gasteiger partial charge in [-0.1, -0.05) is 6.07 Å². The zero-order valence-corrected chi connectivity index (χ0v) is 15.2. The fourth-order valence-corrected chi connectivity index (χ4v) is 3.27. The first-order valence-electron chi connectivity index (χ1n) is 7.88. The Kier molecular flexibility index (Phi) is 5.28. The van der Waals surface area contributed by atoms with Crippen LogP contribution in [0.25, 0.3) is 10.4 Å². The van der Waals surface area contributed by atoms with Crippen molar-refractivity contribution in [1.82, 2.24) is 10.4 Å². The van der Waals surface area contributed by atoms with Gasteiger partial charge in [-0.2, -0.15) is 5.10 Å². The molecule has 0 spiro atoms. The smallest absolute Gasteiger partial charge is 0.283 e. The molecule has 0 atom stereocenters. The summed E-state index contributed by atoms with van der Waals surface area (Å²) in [6.07, 6.45) is 1.68. The summed E-state index contributed by atoms with van der Waals surface area (Å²) < 4.78 is 5.16. The summed E-state index contributed by atoms with van der Waals surface area (Å²) >= 11 is 1.32. The number of hydrogen-bond donors (Lipinski definition) is 2. The van der Waals surface area contributed by atoms with Crippen molar-refractivity contribution in [2.45, 2.75) is 6.92 Å². The van der Waals surface area contributed by atoms with E-state index in [2.05, 4.69) is 15.5 Å². The number of nitrogens with one attached hydrogen (secondary N) is 1. The van der Waals surface area contributed by atoms with Gasteiger partial charge < -0.3 is 10.5 Å². The Balaban J connectivity index is 1.76. The summed E-state index contributed by atoms with van der Waals surface area (Å²) in [5.41, 5.74) is 11.3. The van der Waals surface area contributed by atoms with Crippen LogP contribution in [0.1, 0.15) is 22.3 Å². The van der Waals surface area contributed by atoms with E-state index in [0.717, 1.165) is 16.2 Å². The van der Waals surface area contributed by atoms with E-state index in [9.17, 15) is 4.79 Å². The number of ether oxygens (including phenoxy) is 1. The fourth-order valence-electron chi connectivity index (χ4n) is 2.30. The Morgan fingerprint density at radius 1 is 1.23 bits per heavy atom. The van der Waals surface area contributed by atoms with Crippen LogP contribution in [0, 0.1) is 0 Å². The highest BCUT2D eigenvalue weighted by molar-refractivity contribution is 7.18. The van der Waals surface area contributed by atoms with Gasteiger partial charge in [-0.25, -0.2) is 5.43 Å². The molecule has 7 heteroatoms. The summed E-state index contributed by atoms with van der Waals surface area (Å²) in [7, 11) is 1.62. The predicted octanol–water partition coefficient (Wildman–Crippen LogP) is 3.55. The van der Waals surface area contributed by atoms with Crippen molar-refractivity contribution in [3.63, 3.8) is 0 Å². The van der Waals surface area contributed by atoms with E-state index in [-0.39, 0.29) is 5.91 Å². The van der Waals surface area contributed by atoms with E-state index in [1.165, 1.54) is 11.3 Å². The summed E-state index contributed by atoms with van der Waals surface area (Å²) in [6, 6.07) is 14.9. The number of nitrogens with two attached hydrogens (primary N) is 1. The van der Waals surface area contributed by atoms with Crippen LogP contribution in [-0.2, 0) is 0 Å². The Labute approximate surface area is 155 Å². The van der Waals surface area contributed by atoms with Gasteiger partial charge in [-0.05, 0) is 55.0 Å². The summed E-state index contributed by atoms with van der Waals surface area (Å²) in [5.74, 6) is 0.429. The lowest BCUT2D eigenvalue weighted by molar-refractivity contribution is 0.0959. The third-order valence-corrected chi connectivity index (χ3v) is 4.90. The highest BCUT2D eigenvalue weighted by atomic mass is 32.1. The number of methoxy groups -OCH3 is 1. The Morgan fingerprint density at radius 2 is 2.00 bits per heavy atom. The number of carbonyl (C=O) groups excluding carboxylic acids is 1. The van der Waals surface area contributed by atoms with E-state index >= 15 is 0 Å². The number of nitrogens with zero attached hydrogens (tertiary/aromatic N) is 2. The van der Waals surface area contributed by atoms with Crippen LogP contribution in [0.15, 0.2) is 59.8 Å². The average Bonchev–Trinajstić information content (AvgIpc) is 3.08. The molecule has 132 valence electrons. The third kappa shape index (κ3) is 3.89. The quantitative estimate of drug-likeness (QED) is 0.534. The molecule has 1 aromatic carbocycles. The molecule has 0 aliphatic rings. The molecule has 2 heterocycles. The van der Waals surface area contributed by atoms with Crippen molar-refractivity contribution in [2.75, 3.05) is 12.8 Å². The number of hydrogen-bond acceptors (Lipinski definition) is 6. The first-order chi connectivity index (χ1) is 12.6. The van der Waals surface area contributed by atoms with Crippen molar-refractivity contribution in [2.24, 2.45) is 5.10 Å². The normalized spacial score (nSPS) is 11.2.